The normalized spacial score (nSPS) is 17.4. The highest BCUT2D eigenvalue weighted by Gasteiger charge is 2.48. The van der Waals surface area contributed by atoms with Crippen LogP contribution in [0.15, 0.2) is 72.3 Å². The van der Waals surface area contributed by atoms with Crippen LogP contribution in [-0.4, -0.2) is 28.4 Å². The van der Waals surface area contributed by atoms with Crippen LogP contribution in [0, 0.1) is 6.92 Å². The standard InChI is InChI=1S/C31H30N2O4S/c1-6-37-22-9-7-8-20(17-22)27(34)25-26(19-11-13-21(14-12-19)31(3,4)5)33(29(36)28(25)35)30-32-23-15-10-18(2)16-24(23)38-30/h7-17,26,34H,6H2,1-5H3/b27-25+. The number of rotatable bonds is 5. The molecule has 1 aromatic heterocycles. The van der Waals surface area contributed by atoms with Crippen molar-refractivity contribution in [2.24, 2.45) is 0 Å². The number of carbonyl (C=O) groups excluding carboxylic acids is 2. The number of aryl methyl sites for hydroxylation is 1. The minimum atomic E-state index is -0.832. The lowest BCUT2D eigenvalue weighted by molar-refractivity contribution is -0.132. The predicted molar refractivity (Wildman–Crippen MR) is 152 cm³/mol. The zero-order valence-electron chi connectivity index (χ0n) is 22.1. The highest BCUT2D eigenvalue weighted by atomic mass is 32.1. The molecule has 1 unspecified atom stereocenters. The van der Waals surface area contributed by atoms with E-state index < -0.39 is 17.7 Å². The SMILES string of the molecule is CCOc1cccc(/C(O)=C2\C(=O)C(=O)N(c3nc4ccc(C)cc4s3)C2c2ccc(C(C)(C)C)cc2)c1. The summed E-state index contributed by atoms with van der Waals surface area (Å²) in [5.41, 5.74) is 4.05. The molecule has 6 nitrogen and oxygen atoms in total. The van der Waals surface area contributed by atoms with Crippen molar-refractivity contribution in [1.29, 1.82) is 0 Å². The lowest BCUT2D eigenvalue weighted by Gasteiger charge is -2.24. The largest absolute Gasteiger partial charge is 0.507 e. The number of benzene rings is 3. The average Bonchev–Trinajstić information content (AvgIpc) is 3.41. The Kier molecular flexibility index (Phi) is 6.57. The lowest BCUT2D eigenvalue weighted by Crippen LogP contribution is -2.29. The fourth-order valence-corrected chi connectivity index (χ4v) is 5.78. The summed E-state index contributed by atoms with van der Waals surface area (Å²) in [7, 11) is 0. The number of aliphatic hydroxyl groups is 1. The minimum Gasteiger partial charge on any atom is -0.507 e. The average molecular weight is 527 g/mol. The van der Waals surface area contributed by atoms with Gasteiger partial charge in [-0.25, -0.2) is 4.98 Å². The van der Waals surface area contributed by atoms with Crippen molar-refractivity contribution in [3.05, 3.63) is 94.6 Å². The van der Waals surface area contributed by atoms with Crippen LogP contribution in [0.4, 0.5) is 5.13 Å². The Morgan fingerprint density at radius 3 is 2.47 bits per heavy atom. The molecule has 1 amide bonds. The van der Waals surface area contributed by atoms with Gasteiger partial charge in [-0.3, -0.25) is 14.5 Å². The number of amides is 1. The van der Waals surface area contributed by atoms with E-state index in [0.717, 1.165) is 26.9 Å². The van der Waals surface area contributed by atoms with E-state index in [4.69, 9.17) is 9.72 Å². The predicted octanol–water partition coefficient (Wildman–Crippen LogP) is 6.93. The highest BCUT2D eigenvalue weighted by molar-refractivity contribution is 7.22. The number of ether oxygens (including phenoxy) is 1. The van der Waals surface area contributed by atoms with E-state index in [0.29, 0.717) is 23.1 Å². The van der Waals surface area contributed by atoms with Gasteiger partial charge in [-0.05, 0) is 60.2 Å². The van der Waals surface area contributed by atoms with Crippen molar-refractivity contribution >= 4 is 44.1 Å². The van der Waals surface area contributed by atoms with E-state index in [1.54, 1.807) is 24.3 Å². The van der Waals surface area contributed by atoms with Crippen molar-refractivity contribution in [2.45, 2.75) is 46.1 Å². The third-order valence-electron chi connectivity index (χ3n) is 6.69. The molecule has 3 aromatic carbocycles. The van der Waals surface area contributed by atoms with Crippen LogP contribution < -0.4 is 9.64 Å². The van der Waals surface area contributed by atoms with Gasteiger partial charge in [0.2, 0.25) is 0 Å². The van der Waals surface area contributed by atoms with Gasteiger partial charge < -0.3 is 9.84 Å². The number of Topliss-reactive ketones (excluding diaryl/α,β-unsaturated/α-hetero) is 1. The van der Waals surface area contributed by atoms with Gasteiger partial charge in [0.1, 0.15) is 11.5 Å². The molecule has 0 spiro atoms. The summed E-state index contributed by atoms with van der Waals surface area (Å²) in [5.74, 6) is -1.13. The van der Waals surface area contributed by atoms with Crippen LogP contribution in [0.2, 0.25) is 0 Å². The van der Waals surface area contributed by atoms with Gasteiger partial charge in [-0.2, -0.15) is 0 Å². The highest BCUT2D eigenvalue weighted by Crippen LogP contribution is 2.45. The van der Waals surface area contributed by atoms with Crippen molar-refractivity contribution in [1.82, 2.24) is 4.98 Å². The Balaban J connectivity index is 1.70. The molecule has 1 atom stereocenters. The summed E-state index contributed by atoms with van der Waals surface area (Å²) in [6, 6.07) is 19.8. The molecule has 1 aliphatic rings. The Labute approximate surface area is 226 Å². The Hall–Kier alpha value is -3.97. The molecule has 1 fully saturated rings. The number of aliphatic hydroxyl groups excluding tert-OH is 1. The molecule has 7 heteroatoms. The first-order valence-electron chi connectivity index (χ1n) is 12.6. The number of hydrogen-bond donors (Lipinski definition) is 1. The molecule has 0 saturated carbocycles. The van der Waals surface area contributed by atoms with Crippen LogP contribution >= 0.6 is 11.3 Å². The van der Waals surface area contributed by atoms with Gasteiger partial charge in [0.25, 0.3) is 5.78 Å². The van der Waals surface area contributed by atoms with Gasteiger partial charge in [0, 0.05) is 5.56 Å². The summed E-state index contributed by atoms with van der Waals surface area (Å²) in [5, 5.41) is 11.9. The first kappa shape index (κ1) is 25.7. The van der Waals surface area contributed by atoms with E-state index in [9.17, 15) is 14.7 Å². The molecule has 1 saturated heterocycles. The lowest BCUT2D eigenvalue weighted by atomic mass is 9.85. The number of aromatic nitrogens is 1. The summed E-state index contributed by atoms with van der Waals surface area (Å²) in [6.45, 7) is 10.7. The van der Waals surface area contributed by atoms with E-state index in [2.05, 4.69) is 20.8 Å². The fraction of sp³-hybridized carbons (Fsp3) is 0.258. The van der Waals surface area contributed by atoms with Gasteiger partial charge in [-0.15, -0.1) is 0 Å². The molecule has 4 aromatic rings. The second-order valence-electron chi connectivity index (χ2n) is 10.5. The third-order valence-corrected chi connectivity index (χ3v) is 7.71. The first-order valence-corrected chi connectivity index (χ1v) is 13.4. The Morgan fingerprint density at radius 2 is 1.79 bits per heavy atom. The van der Waals surface area contributed by atoms with Gasteiger partial charge in [0.15, 0.2) is 5.13 Å². The molecule has 0 aliphatic carbocycles. The molecular weight excluding hydrogens is 496 g/mol. The topological polar surface area (TPSA) is 79.7 Å². The maximum Gasteiger partial charge on any atom is 0.301 e. The number of anilines is 1. The van der Waals surface area contributed by atoms with Crippen LogP contribution in [0.5, 0.6) is 5.75 Å². The van der Waals surface area contributed by atoms with Crippen LogP contribution in [0.3, 0.4) is 0 Å². The van der Waals surface area contributed by atoms with Crippen LogP contribution in [-0.2, 0) is 15.0 Å². The summed E-state index contributed by atoms with van der Waals surface area (Å²) < 4.78 is 6.52. The summed E-state index contributed by atoms with van der Waals surface area (Å²) in [4.78, 5) is 33.2. The van der Waals surface area contributed by atoms with E-state index in [1.807, 2.05) is 56.3 Å². The van der Waals surface area contributed by atoms with Gasteiger partial charge in [-0.1, -0.05) is 74.6 Å². The first-order chi connectivity index (χ1) is 18.1. The van der Waals surface area contributed by atoms with Gasteiger partial charge in [0.05, 0.1) is 28.4 Å². The second kappa shape index (κ2) is 9.72. The Bertz CT molecular complexity index is 1580. The van der Waals surface area contributed by atoms with Crippen molar-refractivity contribution in [3.8, 4) is 5.75 Å². The second-order valence-corrected chi connectivity index (χ2v) is 11.5. The zero-order chi connectivity index (χ0) is 27.2. The van der Waals surface area contributed by atoms with Crippen molar-refractivity contribution in [2.75, 3.05) is 11.5 Å². The maximum atomic E-state index is 13.5. The smallest absolute Gasteiger partial charge is 0.301 e. The molecule has 1 N–H and O–H groups in total. The number of hydrogen-bond acceptors (Lipinski definition) is 6. The molecule has 38 heavy (non-hydrogen) atoms. The molecule has 5 rings (SSSR count). The van der Waals surface area contributed by atoms with E-state index in [-0.39, 0.29) is 16.7 Å². The molecule has 0 radical (unpaired) electrons. The maximum absolute atomic E-state index is 13.5. The zero-order valence-corrected chi connectivity index (χ0v) is 22.9. The number of nitrogens with zero attached hydrogens (tertiary/aromatic N) is 2. The number of carbonyl (C=O) groups is 2. The van der Waals surface area contributed by atoms with E-state index in [1.165, 1.54) is 16.2 Å². The minimum absolute atomic E-state index is 0.0302. The van der Waals surface area contributed by atoms with E-state index >= 15 is 0 Å². The summed E-state index contributed by atoms with van der Waals surface area (Å²) >= 11 is 1.36. The molecule has 0 bridgehead atoms. The molecule has 2 heterocycles. The number of thiazole rings is 1. The van der Waals surface area contributed by atoms with Crippen molar-refractivity contribution in [3.63, 3.8) is 0 Å². The fourth-order valence-electron chi connectivity index (χ4n) is 4.69. The van der Waals surface area contributed by atoms with Crippen LogP contribution in [0.1, 0.15) is 56.0 Å². The molecule has 194 valence electrons. The van der Waals surface area contributed by atoms with Crippen molar-refractivity contribution < 1.29 is 19.4 Å². The monoisotopic (exact) mass is 526 g/mol. The molecular formula is C31H30N2O4S. The Morgan fingerprint density at radius 1 is 1.05 bits per heavy atom. The quantitative estimate of drug-likeness (QED) is 0.173. The molecule has 1 aliphatic heterocycles. The third kappa shape index (κ3) is 4.58. The van der Waals surface area contributed by atoms with Crippen LogP contribution in [0.25, 0.3) is 16.0 Å². The summed E-state index contributed by atoms with van der Waals surface area (Å²) in [6.07, 6.45) is 0. The number of ketones is 1. The number of fused-ring (bicyclic) bond motifs is 1. The van der Waals surface area contributed by atoms with Gasteiger partial charge >= 0.3 is 5.91 Å².